The van der Waals surface area contributed by atoms with Crippen LogP contribution in [0.3, 0.4) is 0 Å². The second kappa shape index (κ2) is 7.22. The van der Waals surface area contributed by atoms with Crippen LogP contribution in [-0.2, 0) is 19.1 Å². The molecule has 5 nitrogen and oxygen atoms in total. The maximum Gasteiger partial charge on any atom is 0.352 e. The summed E-state index contributed by atoms with van der Waals surface area (Å²) in [6, 6.07) is 8.73. The molecule has 21 heavy (non-hydrogen) atoms. The molecular weight excluding hydrogens is 272 g/mol. The summed E-state index contributed by atoms with van der Waals surface area (Å²) in [6.45, 7) is 1.25. The van der Waals surface area contributed by atoms with Gasteiger partial charge in [0.1, 0.15) is 6.10 Å². The van der Waals surface area contributed by atoms with Crippen molar-refractivity contribution >= 4 is 11.9 Å². The highest BCUT2D eigenvalue weighted by Crippen LogP contribution is 2.25. The van der Waals surface area contributed by atoms with Crippen molar-refractivity contribution in [3.05, 3.63) is 35.9 Å². The summed E-state index contributed by atoms with van der Waals surface area (Å²) in [6.07, 6.45) is 0.859. The van der Waals surface area contributed by atoms with E-state index in [1.807, 2.05) is 6.07 Å². The highest BCUT2D eigenvalue weighted by molar-refractivity contribution is 5.80. The molecule has 3 atom stereocenters. The van der Waals surface area contributed by atoms with Crippen LogP contribution in [0.15, 0.2) is 30.3 Å². The van der Waals surface area contributed by atoms with Crippen molar-refractivity contribution in [2.45, 2.75) is 50.9 Å². The van der Waals surface area contributed by atoms with Crippen molar-refractivity contribution in [1.29, 1.82) is 0 Å². The fourth-order valence-electron chi connectivity index (χ4n) is 2.47. The number of aliphatic hydroxyl groups excluding tert-OH is 1. The lowest BCUT2D eigenvalue weighted by Gasteiger charge is -2.28. The molecule has 1 aromatic rings. The molecule has 0 saturated heterocycles. The second-order valence-corrected chi connectivity index (χ2v) is 5.23. The maximum absolute atomic E-state index is 12.3. The number of ether oxygens (including phenoxy) is 2. The summed E-state index contributed by atoms with van der Waals surface area (Å²) in [4.78, 5) is 23.5. The molecule has 0 aliphatic heterocycles. The third kappa shape index (κ3) is 4.29. The van der Waals surface area contributed by atoms with Crippen LogP contribution < -0.4 is 0 Å². The Balaban J connectivity index is 2.09. The van der Waals surface area contributed by atoms with Crippen LogP contribution in [-0.4, -0.2) is 29.3 Å². The third-order valence-electron chi connectivity index (χ3n) is 3.54. The SMILES string of the molecule is CC(=O)O[C@H](C(=O)O[C@@H]1CCCC[C@H]1O)c1ccccc1. The Hall–Kier alpha value is -1.88. The number of carbonyl (C=O) groups excluding carboxylic acids is 2. The first-order valence-corrected chi connectivity index (χ1v) is 7.18. The topological polar surface area (TPSA) is 72.8 Å². The summed E-state index contributed by atoms with van der Waals surface area (Å²) in [5, 5.41) is 9.87. The average molecular weight is 292 g/mol. The van der Waals surface area contributed by atoms with Crippen LogP contribution in [0.5, 0.6) is 0 Å². The van der Waals surface area contributed by atoms with Gasteiger partial charge in [-0.05, 0) is 19.3 Å². The molecule has 114 valence electrons. The van der Waals surface area contributed by atoms with Crippen molar-refractivity contribution in [3.63, 3.8) is 0 Å². The molecule has 1 fully saturated rings. The summed E-state index contributed by atoms with van der Waals surface area (Å²) >= 11 is 0. The lowest BCUT2D eigenvalue weighted by Crippen LogP contribution is -2.36. The smallest absolute Gasteiger partial charge is 0.352 e. The van der Waals surface area contributed by atoms with Crippen LogP contribution in [0.1, 0.15) is 44.3 Å². The van der Waals surface area contributed by atoms with E-state index in [-0.39, 0.29) is 0 Å². The summed E-state index contributed by atoms with van der Waals surface area (Å²) in [5.41, 5.74) is 0.558. The van der Waals surface area contributed by atoms with E-state index in [0.29, 0.717) is 18.4 Å². The minimum Gasteiger partial charge on any atom is -0.457 e. The second-order valence-electron chi connectivity index (χ2n) is 5.23. The zero-order valence-electron chi connectivity index (χ0n) is 12.0. The molecule has 0 radical (unpaired) electrons. The maximum atomic E-state index is 12.3. The Kier molecular flexibility index (Phi) is 5.33. The van der Waals surface area contributed by atoms with Gasteiger partial charge in [-0.3, -0.25) is 4.79 Å². The van der Waals surface area contributed by atoms with Gasteiger partial charge in [0.25, 0.3) is 0 Å². The number of rotatable bonds is 4. The largest absolute Gasteiger partial charge is 0.457 e. The number of hydrogen-bond donors (Lipinski definition) is 1. The monoisotopic (exact) mass is 292 g/mol. The van der Waals surface area contributed by atoms with E-state index >= 15 is 0 Å². The van der Waals surface area contributed by atoms with Gasteiger partial charge in [-0.25, -0.2) is 4.79 Å². The predicted molar refractivity (Wildman–Crippen MR) is 75.3 cm³/mol. The lowest BCUT2D eigenvalue weighted by molar-refractivity contribution is -0.176. The van der Waals surface area contributed by atoms with Crippen molar-refractivity contribution in [2.24, 2.45) is 0 Å². The molecule has 2 rings (SSSR count). The molecule has 1 aromatic carbocycles. The Labute approximate surface area is 123 Å². The Morgan fingerprint density at radius 3 is 2.48 bits per heavy atom. The standard InChI is InChI=1S/C16H20O5/c1-11(17)20-15(12-7-3-2-4-8-12)16(19)21-14-10-6-5-9-13(14)18/h2-4,7-8,13-15,18H,5-6,9-10H2,1H3/t13-,14-,15+/m1/s1. The number of esters is 2. The summed E-state index contributed by atoms with van der Waals surface area (Å²) in [7, 11) is 0. The molecule has 0 spiro atoms. The Morgan fingerprint density at radius 2 is 1.86 bits per heavy atom. The molecule has 1 aliphatic carbocycles. The Bertz CT molecular complexity index is 485. The van der Waals surface area contributed by atoms with E-state index in [1.54, 1.807) is 24.3 Å². The molecule has 0 aromatic heterocycles. The van der Waals surface area contributed by atoms with Gasteiger partial charge in [0.15, 0.2) is 0 Å². The van der Waals surface area contributed by atoms with Crippen molar-refractivity contribution in [3.8, 4) is 0 Å². The minimum absolute atomic E-state index is 0.520. The quantitative estimate of drug-likeness (QED) is 0.861. The van der Waals surface area contributed by atoms with Crippen molar-refractivity contribution in [2.75, 3.05) is 0 Å². The van der Waals surface area contributed by atoms with Crippen LogP contribution in [0.2, 0.25) is 0 Å². The van der Waals surface area contributed by atoms with Crippen molar-refractivity contribution in [1.82, 2.24) is 0 Å². The number of benzene rings is 1. The number of aliphatic hydroxyl groups is 1. The zero-order chi connectivity index (χ0) is 15.2. The first-order chi connectivity index (χ1) is 10.1. The normalized spacial score (nSPS) is 23.1. The van der Waals surface area contributed by atoms with Gasteiger partial charge >= 0.3 is 11.9 Å². The molecule has 1 aliphatic rings. The van der Waals surface area contributed by atoms with Gasteiger partial charge in [0.05, 0.1) is 6.10 Å². The highest BCUT2D eigenvalue weighted by Gasteiger charge is 2.32. The van der Waals surface area contributed by atoms with Gasteiger partial charge < -0.3 is 14.6 Å². The van der Waals surface area contributed by atoms with Gasteiger partial charge in [0.2, 0.25) is 6.10 Å². The summed E-state index contributed by atoms with van der Waals surface area (Å²) < 4.78 is 10.4. The van der Waals surface area contributed by atoms with E-state index in [9.17, 15) is 14.7 Å². The number of carbonyl (C=O) groups is 2. The summed E-state index contributed by atoms with van der Waals surface area (Å²) in [5.74, 6) is -1.19. The molecular formula is C16H20O5. The van der Waals surface area contributed by atoms with Crippen LogP contribution >= 0.6 is 0 Å². The van der Waals surface area contributed by atoms with E-state index < -0.39 is 30.3 Å². The van der Waals surface area contributed by atoms with Crippen LogP contribution in [0.25, 0.3) is 0 Å². The molecule has 1 N–H and O–H groups in total. The number of hydrogen-bond acceptors (Lipinski definition) is 5. The van der Waals surface area contributed by atoms with E-state index in [1.165, 1.54) is 6.92 Å². The van der Waals surface area contributed by atoms with Crippen LogP contribution in [0, 0.1) is 0 Å². The Morgan fingerprint density at radius 1 is 1.19 bits per heavy atom. The van der Waals surface area contributed by atoms with E-state index in [4.69, 9.17) is 9.47 Å². The first-order valence-electron chi connectivity index (χ1n) is 7.18. The van der Waals surface area contributed by atoms with Gasteiger partial charge in [-0.1, -0.05) is 36.8 Å². The zero-order valence-corrected chi connectivity index (χ0v) is 12.0. The van der Waals surface area contributed by atoms with Crippen molar-refractivity contribution < 1.29 is 24.2 Å². The molecule has 5 heteroatoms. The highest BCUT2D eigenvalue weighted by atomic mass is 16.6. The fraction of sp³-hybridized carbons (Fsp3) is 0.500. The van der Waals surface area contributed by atoms with E-state index in [0.717, 1.165) is 12.8 Å². The van der Waals surface area contributed by atoms with Crippen LogP contribution in [0.4, 0.5) is 0 Å². The molecule has 0 amide bonds. The van der Waals surface area contributed by atoms with Gasteiger partial charge in [-0.2, -0.15) is 0 Å². The van der Waals surface area contributed by atoms with Gasteiger partial charge in [0, 0.05) is 12.5 Å². The lowest BCUT2D eigenvalue weighted by atomic mass is 9.95. The third-order valence-corrected chi connectivity index (χ3v) is 3.54. The molecule has 0 unspecified atom stereocenters. The molecule has 0 bridgehead atoms. The van der Waals surface area contributed by atoms with Gasteiger partial charge in [-0.15, -0.1) is 0 Å². The van der Waals surface area contributed by atoms with E-state index in [2.05, 4.69) is 0 Å². The predicted octanol–water partition coefficient (Wildman–Crippen LogP) is 2.14. The average Bonchev–Trinajstić information content (AvgIpc) is 2.48. The minimum atomic E-state index is -1.09. The molecule has 1 saturated carbocycles. The first kappa shape index (κ1) is 15.5. The molecule has 0 heterocycles. The fourth-order valence-corrected chi connectivity index (χ4v) is 2.47.